The third-order valence-electron chi connectivity index (χ3n) is 0.756. The Kier molecular flexibility index (Phi) is 26.2. The summed E-state index contributed by atoms with van der Waals surface area (Å²) in [7, 11) is 0. The molecular formula is C6H10Cl4O. The van der Waals surface area contributed by atoms with Crippen LogP contribution in [0.4, 0.5) is 0 Å². The van der Waals surface area contributed by atoms with E-state index in [4.69, 9.17) is 5.11 Å². The first kappa shape index (κ1) is 22.5. The van der Waals surface area contributed by atoms with E-state index in [-0.39, 0.29) is 49.6 Å². The highest BCUT2D eigenvalue weighted by Crippen LogP contribution is 2.02. The quantitative estimate of drug-likeness (QED) is 0.738. The molecule has 0 saturated carbocycles. The van der Waals surface area contributed by atoms with E-state index >= 15 is 0 Å². The number of para-hydroxylation sites is 1. The van der Waals surface area contributed by atoms with Gasteiger partial charge >= 0.3 is 0 Å². The molecule has 1 aromatic carbocycles. The van der Waals surface area contributed by atoms with Crippen molar-refractivity contribution in [2.24, 2.45) is 0 Å². The molecule has 0 aliphatic rings. The average Bonchev–Trinajstić information content (AvgIpc) is 1.69. The van der Waals surface area contributed by atoms with Gasteiger partial charge in [0.2, 0.25) is 0 Å². The molecule has 0 unspecified atom stereocenters. The largest absolute Gasteiger partial charge is 0.508 e. The molecule has 1 aromatic rings. The number of rotatable bonds is 0. The van der Waals surface area contributed by atoms with Gasteiger partial charge in [0.1, 0.15) is 5.75 Å². The summed E-state index contributed by atoms with van der Waals surface area (Å²) in [5.74, 6) is 0.322. The van der Waals surface area contributed by atoms with E-state index in [0.717, 1.165) is 0 Å². The van der Waals surface area contributed by atoms with E-state index in [0.29, 0.717) is 5.75 Å². The van der Waals surface area contributed by atoms with Crippen LogP contribution >= 0.6 is 49.6 Å². The molecule has 0 saturated heterocycles. The standard InChI is InChI=1S/C6H6O.4ClH/c7-6-4-2-1-3-5-6;;;;/h1-5,7H;4*1H. The number of halogens is 4. The molecule has 68 valence electrons. The number of hydrogen-bond acceptors (Lipinski definition) is 1. The van der Waals surface area contributed by atoms with Gasteiger partial charge in [-0.1, -0.05) is 18.2 Å². The van der Waals surface area contributed by atoms with Gasteiger partial charge in [-0.3, -0.25) is 0 Å². The summed E-state index contributed by atoms with van der Waals surface area (Å²) in [6.07, 6.45) is 0. The zero-order valence-electron chi connectivity index (χ0n) is 5.47. The minimum Gasteiger partial charge on any atom is -0.508 e. The van der Waals surface area contributed by atoms with Crippen LogP contribution < -0.4 is 0 Å². The molecule has 11 heavy (non-hydrogen) atoms. The summed E-state index contributed by atoms with van der Waals surface area (Å²) in [6.45, 7) is 0. The van der Waals surface area contributed by atoms with Gasteiger partial charge in [-0.25, -0.2) is 0 Å². The third kappa shape index (κ3) is 10.2. The summed E-state index contributed by atoms with van der Waals surface area (Å²) < 4.78 is 0. The molecule has 5 heteroatoms. The van der Waals surface area contributed by atoms with Crippen LogP contribution in [0.25, 0.3) is 0 Å². The van der Waals surface area contributed by atoms with Crippen molar-refractivity contribution in [1.29, 1.82) is 0 Å². The summed E-state index contributed by atoms with van der Waals surface area (Å²) in [4.78, 5) is 0. The maximum absolute atomic E-state index is 8.63. The van der Waals surface area contributed by atoms with E-state index in [9.17, 15) is 0 Å². The van der Waals surface area contributed by atoms with Gasteiger partial charge in [0.15, 0.2) is 0 Å². The van der Waals surface area contributed by atoms with Crippen LogP contribution in [-0.2, 0) is 0 Å². The van der Waals surface area contributed by atoms with Crippen molar-refractivity contribution >= 4 is 49.6 Å². The Balaban J connectivity index is -0.0000000612. The summed E-state index contributed by atoms with van der Waals surface area (Å²) in [6, 6.07) is 8.71. The van der Waals surface area contributed by atoms with E-state index in [1.165, 1.54) is 0 Å². The molecule has 0 radical (unpaired) electrons. The zero-order valence-corrected chi connectivity index (χ0v) is 8.73. The van der Waals surface area contributed by atoms with Gasteiger partial charge in [0.05, 0.1) is 0 Å². The SMILES string of the molecule is Cl.Cl.Cl.Cl.Oc1ccccc1. The summed E-state index contributed by atoms with van der Waals surface area (Å²) in [5, 5.41) is 8.63. The lowest BCUT2D eigenvalue weighted by molar-refractivity contribution is 0.475. The van der Waals surface area contributed by atoms with E-state index in [1.54, 1.807) is 24.3 Å². The fraction of sp³-hybridized carbons (Fsp3) is 0. The number of phenols is 1. The maximum atomic E-state index is 8.63. The highest BCUT2D eigenvalue weighted by Gasteiger charge is 1.74. The van der Waals surface area contributed by atoms with Crippen molar-refractivity contribution in [3.8, 4) is 5.75 Å². The first-order valence-electron chi connectivity index (χ1n) is 2.13. The van der Waals surface area contributed by atoms with Gasteiger partial charge in [0.25, 0.3) is 0 Å². The summed E-state index contributed by atoms with van der Waals surface area (Å²) in [5.41, 5.74) is 0. The van der Waals surface area contributed by atoms with Crippen LogP contribution in [0.2, 0.25) is 0 Å². The van der Waals surface area contributed by atoms with Crippen molar-refractivity contribution in [1.82, 2.24) is 0 Å². The Morgan fingerprint density at radius 1 is 0.727 bits per heavy atom. The second kappa shape index (κ2) is 12.8. The lowest BCUT2D eigenvalue weighted by Crippen LogP contribution is -1.56. The number of phenolic OH excluding ortho intramolecular Hbond substituents is 1. The van der Waals surface area contributed by atoms with Crippen molar-refractivity contribution < 1.29 is 5.11 Å². The van der Waals surface area contributed by atoms with Crippen LogP contribution in [0.15, 0.2) is 30.3 Å². The molecule has 0 fully saturated rings. The lowest BCUT2D eigenvalue weighted by atomic mass is 10.3. The molecule has 0 atom stereocenters. The van der Waals surface area contributed by atoms with E-state index in [2.05, 4.69) is 0 Å². The van der Waals surface area contributed by atoms with Gasteiger partial charge in [-0.15, -0.1) is 49.6 Å². The van der Waals surface area contributed by atoms with Crippen molar-refractivity contribution in [2.75, 3.05) is 0 Å². The second-order valence-electron chi connectivity index (χ2n) is 1.34. The van der Waals surface area contributed by atoms with Crippen LogP contribution in [0.5, 0.6) is 5.75 Å². The van der Waals surface area contributed by atoms with E-state index < -0.39 is 0 Å². The first-order chi connectivity index (χ1) is 3.39. The van der Waals surface area contributed by atoms with Gasteiger partial charge < -0.3 is 5.11 Å². The highest BCUT2D eigenvalue weighted by atomic mass is 35.5. The molecule has 0 aliphatic heterocycles. The predicted molar refractivity (Wildman–Crippen MR) is 57.1 cm³/mol. The first-order valence-corrected chi connectivity index (χ1v) is 2.13. The fourth-order valence-corrected chi connectivity index (χ4v) is 0.428. The van der Waals surface area contributed by atoms with Crippen LogP contribution in [0.1, 0.15) is 0 Å². The topological polar surface area (TPSA) is 20.2 Å². The predicted octanol–water partition coefficient (Wildman–Crippen LogP) is 3.08. The molecule has 0 bridgehead atoms. The minimum absolute atomic E-state index is 0. The van der Waals surface area contributed by atoms with Crippen LogP contribution in [-0.4, -0.2) is 5.11 Å². The molecule has 1 N–H and O–H groups in total. The third-order valence-corrected chi connectivity index (χ3v) is 0.756. The molecule has 0 amide bonds. The number of hydrogen-bond donors (Lipinski definition) is 1. The van der Waals surface area contributed by atoms with E-state index in [1.807, 2.05) is 6.07 Å². The monoisotopic (exact) mass is 238 g/mol. The molecule has 1 nitrogen and oxygen atoms in total. The fourth-order valence-electron chi connectivity index (χ4n) is 0.428. The van der Waals surface area contributed by atoms with Gasteiger partial charge in [-0.05, 0) is 12.1 Å². The minimum atomic E-state index is 0. The Morgan fingerprint density at radius 3 is 1.27 bits per heavy atom. The Bertz CT molecular complexity index is 145. The Morgan fingerprint density at radius 2 is 1.09 bits per heavy atom. The smallest absolute Gasteiger partial charge is 0.115 e. The Labute approximate surface area is 90.8 Å². The molecular weight excluding hydrogens is 230 g/mol. The molecule has 0 spiro atoms. The highest BCUT2D eigenvalue weighted by molar-refractivity contribution is 5.86. The van der Waals surface area contributed by atoms with Crippen LogP contribution in [0.3, 0.4) is 0 Å². The second-order valence-corrected chi connectivity index (χ2v) is 1.34. The van der Waals surface area contributed by atoms with Crippen LogP contribution in [0, 0.1) is 0 Å². The lowest BCUT2D eigenvalue weighted by Gasteiger charge is -1.82. The molecule has 0 aliphatic carbocycles. The molecule has 1 rings (SSSR count). The molecule has 0 aromatic heterocycles. The van der Waals surface area contributed by atoms with Crippen molar-refractivity contribution in [2.45, 2.75) is 0 Å². The van der Waals surface area contributed by atoms with Crippen molar-refractivity contribution in [3.63, 3.8) is 0 Å². The average molecular weight is 240 g/mol. The number of aromatic hydroxyl groups is 1. The Hall–Kier alpha value is 0.180. The van der Waals surface area contributed by atoms with Gasteiger partial charge in [0, 0.05) is 0 Å². The number of benzene rings is 1. The molecule has 0 heterocycles. The van der Waals surface area contributed by atoms with Gasteiger partial charge in [-0.2, -0.15) is 0 Å². The maximum Gasteiger partial charge on any atom is 0.115 e. The zero-order chi connectivity index (χ0) is 5.11. The summed E-state index contributed by atoms with van der Waals surface area (Å²) >= 11 is 0. The van der Waals surface area contributed by atoms with Crippen molar-refractivity contribution in [3.05, 3.63) is 30.3 Å². The normalized spacial score (nSPS) is 5.45.